The Bertz CT molecular complexity index is 965. The lowest BCUT2D eigenvalue weighted by Gasteiger charge is -2.26. The summed E-state index contributed by atoms with van der Waals surface area (Å²) in [5.41, 5.74) is 0.903. The summed E-state index contributed by atoms with van der Waals surface area (Å²) in [4.78, 5) is 49.3. The Labute approximate surface area is 159 Å². The van der Waals surface area contributed by atoms with Crippen molar-refractivity contribution in [2.75, 3.05) is 12.0 Å². The molecule has 0 spiro atoms. The van der Waals surface area contributed by atoms with Crippen molar-refractivity contribution in [2.45, 2.75) is 0 Å². The number of carbonyl (C=O) groups excluding carboxylic acids is 4. The fraction of sp³-hybridized carbons (Fsp3) is 0.0526. The molecule has 1 aliphatic rings. The van der Waals surface area contributed by atoms with Gasteiger partial charge in [-0.1, -0.05) is 23.7 Å². The van der Waals surface area contributed by atoms with Crippen LogP contribution in [-0.2, 0) is 14.3 Å². The number of nitrogens with one attached hydrogen (secondary N) is 1. The second-order valence-corrected chi connectivity index (χ2v) is 5.98. The molecule has 0 aliphatic carbocycles. The molecule has 0 saturated carbocycles. The molecule has 136 valence electrons. The molecule has 0 atom stereocenters. The van der Waals surface area contributed by atoms with Gasteiger partial charge in [0.15, 0.2) is 0 Å². The Morgan fingerprint density at radius 3 is 2.26 bits per heavy atom. The van der Waals surface area contributed by atoms with Crippen LogP contribution >= 0.6 is 11.6 Å². The SMILES string of the molecule is COC(=O)c1ccc(C=C2C(=O)NC(=O)N(c3ccc(Cl)cc3)C2=O)cc1. The van der Waals surface area contributed by atoms with E-state index in [2.05, 4.69) is 10.1 Å². The van der Waals surface area contributed by atoms with Crippen molar-refractivity contribution in [3.8, 4) is 0 Å². The quantitative estimate of drug-likeness (QED) is 0.499. The number of anilines is 1. The van der Waals surface area contributed by atoms with E-state index >= 15 is 0 Å². The lowest BCUT2D eigenvalue weighted by molar-refractivity contribution is -0.122. The van der Waals surface area contributed by atoms with E-state index in [0.717, 1.165) is 4.90 Å². The van der Waals surface area contributed by atoms with E-state index in [4.69, 9.17) is 11.6 Å². The number of benzene rings is 2. The van der Waals surface area contributed by atoms with Crippen LogP contribution in [0.3, 0.4) is 0 Å². The molecule has 1 heterocycles. The van der Waals surface area contributed by atoms with Crippen LogP contribution in [0.15, 0.2) is 54.1 Å². The third kappa shape index (κ3) is 3.73. The van der Waals surface area contributed by atoms with E-state index in [1.54, 1.807) is 12.1 Å². The highest BCUT2D eigenvalue weighted by Gasteiger charge is 2.36. The summed E-state index contributed by atoms with van der Waals surface area (Å²) in [6, 6.07) is 11.3. The number of rotatable bonds is 3. The third-order valence-corrected chi connectivity index (χ3v) is 4.08. The molecule has 0 bridgehead atoms. The zero-order valence-electron chi connectivity index (χ0n) is 14.1. The number of halogens is 1. The highest BCUT2D eigenvalue weighted by molar-refractivity contribution is 6.39. The number of ether oxygens (including phenoxy) is 1. The van der Waals surface area contributed by atoms with Crippen LogP contribution in [0.1, 0.15) is 15.9 Å². The van der Waals surface area contributed by atoms with Crippen LogP contribution in [0.4, 0.5) is 10.5 Å². The van der Waals surface area contributed by atoms with Crippen LogP contribution in [0, 0.1) is 0 Å². The van der Waals surface area contributed by atoms with Gasteiger partial charge >= 0.3 is 12.0 Å². The fourth-order valence-electron chi connectivity index (χ4n) is 2.48. The first-order chi connectivity index (χ1) is 12.9. The van der Waals surface area contributed by atoms with Crippen LogP contribution < -0.4 is 10.2 Å². The highest BCUT2D eigenvalue weighted by Crippen LogP contribution is 2.23. The van der Waals surface area contributed by atoms with Gasteiger partial charge in [-0.25, -0.2) is 14.5 Å². The first-order valence-corrected chi connectivity index (χ1v) is 8.14. The van der Waals surface area contributed by atoms with E-state index in [9.17, 15) is 19.2 Å². The zero-order chi connectivity index (χ0) is 19.6. The number of urea groups is 1. The van der Waals surface area contributed by atoms with Gasteiger partial charge in [0.05, 0.1) is 18.4 Å². The summed E-state index contributed by atoms with van der Waals surface area (Å²) in [5, 5.41) is 2.58. The van der Waals surface area contributed by atoms with E-state index in [1.165, 1.54) is 49.6 Å². The molecule has 4 amide bonds. The van der Waals surface area contributed by atoms with Gasteiger partial charge in [-0.3, -0.25) is 14.9 Å². The molecule has 27 heavy (non-hydrogen) atoms. The summed E-state index contributed by atoms with van der Waals surface area (Å²) in [6.07, 6.45) is 1.34. The Kier molecular flexibility index (Phi) is 5.05. The number of hydrogen-bond acceptors (Lipinski definition) is 5. The molecular weight excluding hydrogens is 372 g/mol. The number of esters is 1. The maximum Gasteiger partial charge on any atom is 0.337 e. The Morgan fingerprint density at radius 1 is 1.04 bits per heavy atom. The number of imide groups is 2. The van der Waals surface area contributed by atoms with Gasteiger partial charge in [-0.15, -0.1) is 0 Å². The van der Waals surface area contributed by atoms with E-state index in [0.29, 0.717) is 16.1 Å². The van der Waals surface area contributed by atoms with Crippen LogP contribution in [0.25, 0.3) is 6.08 Å². The number of hydrogen-bond donors (Lipinski definition) is 1. The average Bonchev–Trinajstić information content (AvgIpc) is 2.66. The third-order valence-electron chi connectivity index (χ3n) is 3.83. The minimum absolute atomic E-state index is 0.213. The van der Waals surface area contributed by atoms with Crippen molar-refractivity contribution in [3.63, 3.8) is 0 Å². The van der Waals surface area contributed by atoms with Crippen molar-refractivity contribution in [1.82, 2.24) is 5.32 Å². The number of carbonyl (C=O) groups is 4. The molecule has 2 aromatic rings. The number of barbiturate groups is 1. The number of methoxy groups -OCH3 is 1. The average molecular weight is 385 g/mol. The summed E-state index contributed by atoms with van der Waals surface area (Å²) in [7, 11) is 1.27. The van der Waals surface area contributed by atoms with E-state index in [1.807, 2.05) is 0 Å². The lowest BCUT2D eigenvalue weighted by Crippen LogP contribution is -2.54. The van der Waals surface area contributed by atoms with Gasteiger partial charge in [0, 0.05) is 5.02 Å². The number of nitrogens with zero attached hydrogens (tertiary/aromatic N) is 1. The maximum atomic E-state index is 12.7. The summed E-state index contributed by atoms with van der Waals surface area (Å²) in [5.74, 6) is -2.06. The smallest absolute Gasteiger partial charge is 0.337 e. The minimum atomic E-state index is -0.842. The van der Waals surface area contributed by atoms with E-state index in [-0.39, 0.29) is 11.3 Å². The van der Waals surface area contributed by atoms with Crippen molar-refractivity contribution in [3.05, 3.63) is 70.3 Å². The van der Waals surface area contributed by atoms with Crippen molar-refractivity contribution in [1.29, 1.82) is 0 Å². The predicted molar refractivity (Wildman–Crippen MR) is 98.2 cm³/mol. The Balaban J connectivity index is 1.94. The predicted octanol–water partition coefficient (Wildman–Crippen LogP) is 2.79. The normalized spacial score (nSPS) is 15.7. The minimum Gasteiger partial charge on any atom is -0.465 e. The van der Waals surface area contributed by atoms with Gasteiger partial charge in [0.2, 0.25) is 0 Å². The topological polar surface area (TPSA) is 92.8 Å². The van der Waals surface area contributed by atoms with Crippen LogP contribution in [0.2, 0.25) is 5.02 Å². The second kappa shape index (κ2) is 7.43. The van der Waals surface area contributed by atoms with Gasteiger partial charge in [0.25, 0.3) is 11.8 Å². The maximum absolute atomic E-state index is 12.7. The van der Waals surface area contributed by atoms with Gasteiger partial charge in [0.1, 0.15) is 5.57 Å². The second-order valence-electron chi connectivity index (χ2n) is 5.55. The van der Waals surface area contributed by atoms with Gasteiger partial charge < -0.3 is 4.74 Å². The fourth-order valence-corrected chi connectivity index (χ4v) is 2.61. The molecule has 2 aromatic carbocycles. The largest absolute Gasteiger partial charge is 0.465 e. The molecule has 3 rings (SSSR count). The zero-order valence-corrected chi connectivity index (χ0v) is 14.8. The highest BCUT2D eigenvalue weighted by atomic mass is 35.5. The Hall–Kier alpha value is -3.45. The van der Waals surface area contributed by atoms with Crippen molar-refractivity contribution >= 4 is 47.2 Å². The Morgan fingerprint density at radius 2 is 1.67 bits per heavy atom. The van der Waals surface area contributed by atoms with Crippen LogP contribution in [-0.4, -0.2) is 30.9 Å². The monoisotopic (exact) mass is 384 g/mol. The molecule has 1 N–H and O–H groups in total. The molecular formula is C19H13ClN2O5. The lowest BCUT2D eigenvalue weighted by atomic mass is 10.1. The molecule has 8 heteroatoms. The van der Waals surface area contributed by atoms with Crippen molar-refractivity contribution < 1.29 is 23.9 Å². The first kappa shape index (κ1) is 18.3. The van der Waals surface area contributed by atoms with Crippen LogP contribution in [0.5, 0.6) is 0 Å². The van der Waals surface area contributed by atoms with Gasteiger partial charge in [-0.2, -0.15) is 0 Å². The molecule has 0 radical (unpaired) electrons. The number of amides is 4. The molecule has 1 saturated heterocycles. The molecule has 0 aromatic heterocycles. The molecule has 1 aliphatic heterocycles. The molecule has 0 unspecified atom stereocenters. The summed E-state index contributed by atoms with van der Waals surface area (Å²) >= 11 is 5.83. The molecule has 1 fully saturated rings. The van der Waals surface area contributed by atoms with E-state index < -0.39 is 23.8 Å². The van der Waals surface area contributed by atoms with Crippen molar-refractivity contribution in [2.24, 2.45) is 0 Å². The standard InChI is InChI=1S/C19H13ClN2O5/c1-27-18(25)12-4-2-11(3-5-12)10-15-16(23)21-19(26)22(17(15)24)14-8-6-13(20)7-9-14/h2-10H,1H3,(H,21,23,26). The summed E-state index contributed by atoms with van der Waals surface area (Å²) < 4.78 is 4.62. The first-order valence-electron chi connectivity index (χ1n) is 7.76. The van der Waals surface area contributed by atoms with Gasteiger partial charge in [-0.05, 0) is 48.0 Å². The molecule has 7 nitrogen and oxygen atoms in total. The summed E-state index contributed by atoms with van der Waals surface area (Å²) in [6.45, 7) is 0.